The first-order valence-electron chi connectivity index (χ1n) is 6.24. The molecule has 1 saturated carbocycles. The lowest BCUT2D eigenvalue weighted by Gasteiger charge is -2.31. The second kappa shape index (κ2) is 6.12. The Morgan fingerprint density at radius 2 is 2.13 bits per heavy atom. The van der Waals surface area contributed by atoms with Crippen LogP contribution < -0.4 is 5.32 Å². The Hall–Kier alpha value is 0.270. The Morgan fingerprint density at radius 1 is 1.27 bits per heavy atom. The maximum atomic E-state index is 5.40. The number of nitrogens with one attached hydrogen (secondary N) is 1. The third kappa shape index (κ3) is 3.36. The third-order valence-electron chi connectivity index (χ3n) is 3.70. The van der Waals surface area contributed by atoms with E-state index in [1.807, 2.05) is 11.8 Å². The first kappa shape index (κ1) is 11.7. The van der Waals surface area contributed by atoms with E-state index in [0.717, 1.165) is 30.4 Å². The maximum absolute atomic E-state index is 5.40. The minimum absolute atomic E-state index is 0.759. The molecule has 15 heavy (non-hydrogen) atoms. The molecule has 2 aliphatic rings. The Kier molecular flexibility index (Phi) is 4.79. The van der Waals surface area contributed by atoms with Gasteiger partial charge in [0.2, 0.25) is 0 Å². The molecule has 1 N–H and O–H groups in total. The van der Waals surface area contributed by atoms with Crippen LogP contribution in [0.15, 0.2) is 0 Å². The molecular formula is C12H23NOS. The highest BCUT2D eigenvalue weighted by atomic mass is 32.2. The quantitative estimate of drug-likeness (QED) is 0.799. The number of thioether (sulfide) groups is 1. The molecule has 3 heteroatoms. The normalized spacial score (nSPS) is 37.0. The fourth-order valence-electron chi connectivity index (χ4n) is 2.67. The van der Waals surface area contributed by atoms with Gasteiger partial charge in [0.05, 0.1) is 6.61 Å². The van der Waals surface area contributed by atoms with Crippen molar-refractivity contribution < 1.29 is 4.74 Å². The summed E-state index contributed by atoms with van der Waals surface area (Å²) in [7, 11) is 0. The number of hydrogen-bond acceptors (Lipinski definition) is 3. The van der Waals surface area contributed by atoms with Crippen molar-refractivity contribution in [2.45, 2.75) is 43.4 Å². The first-order valence-corrected chi connectivity index (χ1v) is 7.53. The minimum atomic E-state index is 0.759. The van der Waals surface area contributed by atoms with Crippen LogP contribution in [0.3, 0.4) is 0 Å². The molecule has 88 valence electrons. The van der Waals surface area contributed by atoms with Gasteiger partial charge in [0, 0.05) is 24.4 Å². The van der Waals surface area contributed by atoms with E-state index in [1.165, 1.54) is 38.6 Å². The second-order valence-electron chi connectivity index (χ2n) is 4.80. The molecule has 0 radical (unpaired) electrons. The van der Waals surface area contributed by atoms with Crippen LogP contribution >= 0.6 is 11.8 Å². The van der Waals surface area contributed by atoms with Gasteiger partial charge in [-0.25, -0.2) is 0 Å². The summed E-state index contributed by atoms with van der Waals surface area (Å²) in [5.74, 6) is 0.773. The van der Waals surface area contributed by atoms with Crippen LogP contribution in [0, 0.1) is 5.92 Å². The van der Waals surface area contributed by atoms with E-state index in [2.05, 4.69) is 11.6 Å². The summed E-state index contributed by atoms with van der Waals surface area (Å²) in [5, 5.41) is 4.61. The number of ether oxygens (including phenoxy) is 1. The summed E-state index contributed by atoms with van der Waals surface area (Å²) in [4.78, 5) is 0. The molecule has 1 aliphatic carbocycles. The van der Waals surface area contributed by atoms with Gasteiger partial charge in [-0.2, -0.15) is 11.8 Å². The summed E-state index contributed by atoms with van der Waals surface area (Å²) in [6.45, 7) is 3.12. The van der Waals surface area contributed by atoms with Crippen LogP contribution in [0.4, 0.5) is 0 Å². The van der Waals surface area contributed by atoms with Gasteiger partial charge in [0.15, 0.2) is 0 Å². The van der Waals surface area contributed by atoms with Gasteiger partial charge < -0.3 is 10.1 Å². The van der Waals surface area contributed by atoms with Gasteiger partial charge in [-0.3, -0.25) is 0 Å². The lowest BCUT2D eigenvalue weighted by Crippen LogP contribution is -2.42. The average molecular weight is 229 g/mol. The molecule has 3 atom stereocenters. The molecule has 0 spiro atoms. The van der Waals surface area contributed by atoms with E-state index >= 15 is 0 Å². The molecule has 1 aliphatic heterocycles. The van der Waals surface area contributed by atoms with Gasteiger partial charge in [-0.1, -0.05) is 12.8 Å². The summed E-state index contributed by atoms with van der Waals surface area (Å²) in [5.41, 5.74) is 0. The van der Waals surface area contributed by atoms with Crippen LogP contribution in [0.25, 0.3) is 0 Å². The standard InChI is InChI=1S/C12H23NOS/c1-15-12-5-3-2-4-11(12)13-8-10-6-7-14-9-10/h10-13H,2-9H2,1H3. The molecule has 3 unspecified atom stereocenters. The smallest absolute Gasteiger partial charge is 0.0507 e. The lowest BCUT2D eigenvalue weighted by molar-refractivity contribution is 0.184. The van der Waals surface area contributed by atoms with Gasteiger partial charge in [-0.05, 0) is 31.4 Å². The van der Waals surface area contributed by atoms with Crippen molar-refractivity contribution in [2.75, 3.05) is 26.0 Å². The zero-order valence-electron chi connectivity index (χ0n) is 9.71. The molecule has 0 aromatic rings. The Bertz CT molecular complexity index is 182. The molecule has 2 rings (SSSR count). The summed E-state index contributed by atoms with van der Waals surface area (Å²) in [6.07, 6.45) is 9.12. The van der Waals surface area contributed by atoms with Crippen LogP contribution in [-0.2, 0) is 4.74 Å². The van der Waals surface area contributed by atoms with Crippen molar-refractivity contribution in [1.29, 1.82) is 0 Å². The largest absolute Gasteiger partial charge is 0.381 e. The molecule has 0 aromatic carbocycles. The van der Waals surface area contributed by atoms with E-state index in [0.29, 0.717) is 0 Å². The molecule has 1 saturated heterocycles. The van der Waals surface area contributed by atoms with Crippen molar-refractivity contribution in [3.8, 4) is 0 Å². The van der Waals surface area contributed by atoms with Gasteiger partial charge in [0.1, 0.15) is 0 Å². The average Bonchev–Trinajstić information content (AvgIpc) is 2.79. The zero-order chi connectivity index (χ0) is 10.5. The fraction of sp³-hybridized carbons (Fsp3) is 1.00. The Labute approximate surface area is 97.5 Å². The van der Waals surface area contributed by atoms with E-state index in [1.54, 1.807) is 0 Å². The minimum Gasteiger partial charge on any atom is -0.381 e. The Morgan fingerprint density at radius 3 is 2.87 bits per heavy atom. The van der Waals surface area contributed by atoms with E-state index in [9.17, 15) is 0 Å². The van der Waals surface area contributed by atoms with Crippen LogP contribution in [0.2, 0.25) is 0 Å². The van der Waals surface area contributed by atoms with Crippen molar-refractivity contribution in [1.82, 2.24) is 5.32 Å². The van der Waals surface area contributed by atoms with Crippen LogP contribution in [-0.4, -0.2) is 37.3 Å². The predicted molar refractivity (Wildman–Crippen MR) is 66.5 cm³/mol. The molecule has 2 nitrogen and oxygen atoms in total. The van der Waals surface area contributed by atoms with Crippen LogP contribution in [0.5, 0.6) is 0 Å². The highest BCUT2D eigenvalue weighted by Gasteiger charge is 2.25. The predicted octanol–water partition coefficient (Wildman–Crippen LogP) is 2.29. The summed E-state index contributed by atoms with van der Waals surface area (Å²) < 4.78 is 5.40. The monoisotopic (exact) mass is 229 g/mol. The van der Waals surface area contributed by atoms with Crippen molar-refractivity contribution in [3.63, 3.8) is 0 Å². The van der Waals surface area contributed by atoms with Gasteiger partial charge >= 0.3 is 0 Å². The molecule has 0 bridgehead atoms. The second-order valence-corrected chi connectivity index (χ2v) is 5.88. The highest BCUT2D eigenvalue weighted by molar-refractivity contribution is 7.99. The molecular weight excluding hydrogens is 206 g/mol. The summed E-state index contributed by atoms with van der Waals surface area (Å²) >= 11 is 2.04. The topological polar surface area (TPSA) is 21.3 Å². The van der Waals surface area contributed by atoms with E-state index in [-0.39, 0.29) is 0 Å². The van der Waals surface area contributed by atoms with Crippen molar-refractivity contribution in [3.05, 3.63) is 0 Å². The zero-order valence-corrected chi connectivity index (χ0v) is 10.5. The van der Waals surface area contributed by atoms with Gasteiger partial charge in [0.25, 0.3) is 0 Å². The lowest BCUT2D eigenvalue weighted by atomic mass is 9.94. The number of rotatable bonds is 4. The Balaban J connectivity index is 1.71. The fourth-order valence-corrected chi connectivity index (χ4v) is 3.64. The first-order chi connectivity index (χ1) is 7.40. The van der Waals surface area contributed by atoms with Crippen molar-refractivity contribution >= 4 is 11.8 Å². The SMILES string of the molecule is CSC1CCCCC1NCC1CCOC1. The molecule has 0 amide bonds. The number of hydrogen-bond donors (Lipinski definition) is 1. The molecule has 0 aromatic heterocycles. The highest BCUT2D eigenvalue weighted by Crippen LogP contribution is 2.27. The molecule has 2 fully saturated rings. The molecule has 1 heterocycles. The van der Waals surface area contributed by atoms with E-state index < -0.39 is 0 Å². The maximum Gasteiger partial charge on any atom is 0.0507 e. The van der Waals surface area contributed by atoms with Gasteiger partial charge in [-0.15, -0.1) is 0 Å². The van der Waals surface area contributed by atoms with E-state index in [4.69, 9.17) is 4.74 Å². The van der Waals surface area contributed by atoms with Crippen LogP contribution in [0.1, 0.15) is 32.1 Å². The summed E-state index contributed by atoms with van der Waals surface area (Å²) in [6, 6.07) is 0.759. The van der Waals surface area contributed by atoms with Crippen molar-refractivity contribution in [2.24, 2.45) is 5.92 Å². The third-order valence-corrected chi connectivity index (χ3v) is 4.87.